The third-order valence-corrected chi connectivity index (χ3v) is 4.58. The molecule has 126 valence electrons. The molecule has 3 nitrogen and oxygen atoms in total. The van der Waals surface area contributed by atoms with Gasteiger partial charge in [0.05, 0.1) is 6.10 Å². The predicted molar refractivity (Wildman–Crippen MR) is 92.0 cm³/mol. The number of nitrogens with zero attached hydrogens (tertiary/aromatic N) is 2. The molecule has 0 spiro atoms. The number of ether oxygens (including phenoxy) is 1. The maximum absolute atomic E-state index is 6.17. The van der Waals surface area contributed by atoms with Crippen LogP contribution in [-0.2, 0) is 4.74 Å². The van der Waals surface area contributed by atoms with Gasteiger partial charge in [-0.2, -0.15) is 0 Å². The van der Waals surface area contributed by atoms with E-state index < -0.39 is 0 Å². The highest BCUT2D eigenvalue weighted by Crippen LogP contribution is 2.14. The lowest BCUT2D eigenvalue weighted by Crippen LogP contribution is -2.44. The van der Waals surface area contributed by atoms with Gasteiger partial charge in [0, 0.05) is 39.3 Å². The molecule has 1 atom stereocenters. The zero-order valence-electron chi connectivity index (χ0n) is 14.8. The number of piperazine rings is 1. The average Bonchev–Trinajstić information content (AvgIpc) is 2.50. The van der Waals surface area contributed by atoms with Gasteiger partial charge in [-0.1, -0.05) is 46.0 Å². The van der Waals surface area contributed by atoms with Gasteiger partial charge in [-0.25, -0.2) is 0 Å². The number of hydrogen-bond acceptors (Lipinski definition) is 3. The van der Waals surface area contributed by atoms with Crippen molar-refractivity contribution in [2.75, 3.05) is 46.4 Å². The van der Waals surface area contributed by atoms with Crippen molar-refractivity contribution in [1.82, 2.24) is 9.80 Å². The molecule has 0 aromatic carbocycles. The number of hydrogen-bond donors (Lipinski definition) is 0. The Morgan fingerprint density at radius 1 is 0.857 bits per heavy atom. The van der Waals surface area contributed by atoms with Gasteiger partial charge in [0.25, 0.3) is 0 Å². The van der Waals surface area contributed by atoms with E-state index in [-0.39, 0.29) is 0 Å². The van der Waals surface area contributed by atoms with Crippen molar-refractivity contribution < 1.29 is 4.74 Å². The van der Waals surface area contributed by atoms with Gasteiger partial charge in [0.1, 0.15) is 0 Å². The molecule has 0 amide bonds. The summed E-state index contributed by atoms with van der Waals surface area (Å²) in [5, 5.41) is 0. The normalized spacial score (nSPS) is 19.0. The third kappa shape index (κ3) is 9.49. The highest BCUT2D eigenvalue weighted by atomic mass is 16.5. The molecule has 21 heavy (non-hydrogen) atoms. The minimum atomic E-state index is 0.518. The highest BCUT2D eigenvalue weighted by molar-refractivity contribution is 4.69. The lowest BCUT2D eigenvalue weighted by atomic mass is 10.1. The third-order valence-electron chi connectivity index (χ3n) is 4.58. The van der Waals surface area contributed by atoms with E-state index in [4.69, 9.17) is 4.74 Å². The molecule has 1 aliphatic heterocycles. The van der Waals surface area contributed by atoms with Crippen LogP contribution >= 0.6 is 0 Å². The highest BCUT2D eigenvalue weighted by Gasteiger charge is 2.13. The second-order valence-electron chi connectivity index (χ2n) is 6.63. The Hall–Kier alpha value is -0.120. The Labute approximate surface area is 133 Å². The van der Waals surface area contributed by atoms with E-state index in [1.807, 2.05) is 0 Å². The van der Waals surface area contributed by atoms with Crippen LogP contribution in [0.15, 0.2) is 0 Å². The summed E-state index contributed by atoms with van der Waals surface area (Å²) in [6, 6.07) is 0. The van der Waals surface area contributed by atoms with Crippen molar-refractivity contribution >= 4 is 0 Å². The van der Waals surface area contributed by atoms with E-state index in [1.54, 1.807) is 0 Å². The Kier molecular flexibility index (Phi) is 11.2. The van der Waals surface area contributed by atoms with Crippen molar-refractivity contribution in [1.29, 1.82) is 0 Å². The molecule has 0 aromatic rings. The van der Waals surface area contributed by atoms with E-state index in [1.165, 1.54) is 84.1 Å². The maximum Gasteiger partial charge on any atom is 0.0575 e. The van der Waals surface area contributed by atoms with Crippen LogP contribution in [-0.4, -0.2) is 62.3 Å². The average molecular weight is 299 g/mol. The second kappa shape index (κ2) is 12.4. The molecule has 1 heterocycles. The largest absolute Gasteiger partial charge is 0.378 e. The van der Waals surface area contributed by atoms with Crippen molar-refractivity contribution in [2.24, 2.45) is 0 Å². The molecule has 0 bridgehead atoms. The molecule has 0 aromatic heterocycles. The Balaban J connectivity index is 2.07. The Morgan fingerprint density at radius 2 is 1.52 bits per heavy atom. The summed E-state index contributed by atoms with van der Waals surface area (Å²) in [5.74, 6) is 0. The van der Waals surface area contributed by atoms with E-state index in [0.29, 0.717) is 6.10 Å². The van der Waals surface area contributed by atoms with Gasteiger partial charge < -0.3 is 14.5 Å². The number of rotatable bonds is 12. The fraction of sp³-hybridized carbons (Fsp3) is 1.00. The summed E-state index contributed by atoms with van der Waals surface area (Å²) >= 11 is 0. The quantitative estimate of drug-likeness (QED) is 0.510. The molecule has 0 saturated carbocycles. The van der Waals surface area contributed by atoms with Crippen LogP contribution in [0.25, 0.3) is 0 Å². The summed E-state index contributed by atoms with van der Waals surface area (Å²) in [6.45, 7) is 11.6. The van der Waals surface area contributed by atoms with Gasteiger partial charge >= 0.3 is 0 Å². The van der Waals surface area contributed by atoms with Crippen LogP contribution in [0.3, 0.4) is 0 Å². The Bertz CT molecular complexity index is 227. The van der Waals surface area contributed by atoms with Crippen LogP contribution in [0.2, 0.25) is 0 Å². The standard InChI is InChI=1S/C18H38N2O/c1-4-6-8-11-18(10-7-5-2)21-17-9-12-20-15-13-19(3)14-16-20/h18H,4-17H2,1-3H3. The summed E-state index contributed by atoms with van der Waals surface area (Å²) in [4.78, 5) is 5.00. The van der Waals surface area contributed by atoms with Crippen LogP contribution < -0.4 is 0 Å². The molecule has 0 N–H and O–H groups in total. The van der Waals surface area contributed by atoms with Gasteiger partial charge in [0.2, 0.25) is 0 Å². The summed E-state index contributed by atoms with van der Waals surface area (Å²) in [6.07, 6.45) is 10.8. The first-order valence-electron chi connectivity index (χ1n) is 9.28. The number of likely N-dealkylation sites (N-methyl/N-ethyl adjacent to an activating group) is 1. The molecule has 1 unspecified atom stereocenters. The monoisotopic (exact) mass is 298 g/mol. The van der Waals surface area contributed by atoms with E-state index in [0.717, 1.165) is 6.61 Å². The van der Waals surface area contributed by atoms with Crippen molar-refractivity contribution in [3.8, 4) is 0 Å². The smallest absolute Gasteiger partial charge is 0.0575 e. The lowest BCUT2D eigenvalue weighted by Gasteiger charge is -2.32. The van der Waals surface area contributed by atoms with Gasteiger partial charge in [-0.05, 0) is 26.3 Å². The molecule has 0 radical (unpaired) electrons. The van der Waals surface area contributed by atoms with E-state index >= 15 is 0 Å². The molecule has 1 fully saturated rings. The zero-order chi connectivity index (χ0) is 15.3. The summed E-state index contributed by atoms with van der Waals surface area (Å²) in [7, 11) is 2.22. The van der Waals surface area contributed by atoms with Gasteiger partial charge in [-0.3, -0.25) is 0 Å². The van der Waals surface area contributed by atoms with Gasteiger partial charge in [0.15, 0.2) is 0 Å². The van der Waals surface area contributed by atoms with Crippen molar-refractivity contribution in [3.63, 3.8) is 0 Å². The van der Waals surface area contributed by atoms with Crippen LogP contribution in [0.4, 0.5) is 0 Å². The first-order valence-corrected chi connectivity index (χ1v) is 9.28. The molecule has 1 aliphatic rings. The Morgan fingerprint density at radius 3 is 2.19 bits per heavy atom. The van der Waals surface area contributed by atoms with Crippen molar-refractivity contribution in [3.05, 3.63) is 0 Å². The zero-order valence-corrected chi connectivity index (χ0v) is 14.8. The van der Waals surface area contributed by atoms with Crippen LogP contribution in [0.1, 0.15) is 65.2 Å². The summed E-state index contributed by atoms with van der Waals surface area (Å²) < 4.78 is 6.17. The second-order valence-corrected chi connectivity index (χ2v) is 6.63. The molecular weight excluding hydrogens is 260 g/mol. The van der Waals surface area contributed by atoms with E-state index in [2.05, 4.69) is 30.7 Å². The molecular formula is C18H38N2O. The maximum atomic E-state index is 6.17. The fourth-order valence-electron chi connectivity index (χ4n) is 2.97. The molecule has 1 rings (SSSR count). The minimum absolute atomic E-state index is 0.518. The van der Waals surface area contributed by atoms with Crippen LogP contribution in [0.5, 0.6) is 0 Å². The van der Waals surface area contributed by atoms with Crippen LogP contribution in [0, 0.1) is 0 Å². The van der Waals surface area contributed by atoms with Gasteiger partial charge in [-0.15, -0.1) is 0 Å². The van der Waals surface area contributed by atoms with E-state index in [9.17, 15) is 0 Å². The molecule has 0 aliphatic carbocycles. The molecule has 1 saturated heterocycles. The van der Waals surface area contributed by atoms with Crippen molar-refractivity contribution in [2.45, 2.75) is 71.3 Å². The molecule has 3 heteroatoms. The fourth-order valence-corrected chi connectivity index (χ4v) is 2.97. The first kappa shape index (κ1) is 18.9. The lowest BCUT2D eigenvalue weighted by molar-refractivity contribution is 0.0307. The SMILES string of the molecule is CCCCCC(CCCC)OCCCN1CCN(C)CC1. The number of unbranched alkanes of at least 4 members (excludes halogenated alkanes) is 3. The minimum Gasteiger partial charge on any atom is -0.378 e. The topological polar surface area (TPSA) is 15.7 Å². The first-order chi connectivity index (χ1) is 10.3. The predicted octanol–water partition coefficient (Wildman–Crippen LogP) is 3.78. The summed E-state index contributed by atoms with van der Waals surface area (Å²) in [5.41, 5.74) is 0.